The number of fused-ring (bicyclic) bond motifs is 4. The molecule has 8 aromatic carbocycles. The monoisotopic (exact) mass is 1460 g/mol. The van der Waals surface area contributed by atoms with Gasteiger partial charge in [-0.1, -0.05) is 167 Å². The van der Waals surface area contributed by atoms with E-state index in [0.29, 0.717) is 93.7 Å². The van der Waals surface area contributed by atoms with Crippen LogP contribution >= 0.6 is 0 Å². The van der Waals surface area contributed by atoms with Crippen LogP contribution in [-0.4, -0.2) is 66.5 Å². The molecule has 20 rings (SSSR count). The van der Waals surface area contributed by atoms with Crippen LogP contribution in [0.3, 0.4) is 0 Å². The lowest BCUT2D eigenvalue weighted by Crippen LogP contribution is -2.30. The lowest BCUT2D eigenvalue weighted by atomic mass is 9.76. The summed E-state index contributed by atoms with van der Waals surface area (Å²) >= 11 is 0. The Hall–Kier alpha value is -11.8. The van der Waals surface area contributed by atoms with Crippen molar-refractivity contribution in [2.75, 3.05) is 13.1 Å². The number of aromatic nitrogens is 4. The van der Waals surface area contributed by atoms with Crippen molar-refractivity contribution in [3.63, 3.8) is 0 Å². The zero-order valence-electron chi connectivity index (χ0n) is 62.4. The standard InChI is InChI=1S/C92H84N6O12/c1-5-9-13-21-31-53-57-41-61-55(33-23-15-11-7-3)63-43-59-54(32-22-14-10-6-2)60-44-64-56(34-24-16-12-8-4)62-42-58(53)74-50-78(62)108-86-88(96-72-38-28-26-36-70(72)94-86)110-80(64)52-76(60)106-84-48-68-67-47-83(84)105-75(59)51-79(63)109-87-85(93-69-35-25-27-37-71(69)95-87)107-77(61)49-73(57)103-81-45-65-66(46-82(81)104-74)90(100)97(89(65)99)39-29-19-17-18-20-30-40-98(91(67)101)92(68)102/h25-28,35-38,41-56H,5-16,21-24,29-34,39-40H2,1-4H3. The van der Waals surface area contributed by atoms with Gasteiger partial charge in [0.1, 0.15) is 46.0 Å². The number of unbranched alkanes of at least 4 members (excludes halogenated alkanes) is 12. The first-order valence-corrected chi connectivity index (χ1v) is 39.7. The van der Waals surface area contributed by atoms with E-state index in [0.717, 1.165) is 147 Å². The second kappa shape index (κ2) is 29.7. The quantitative estimate of drug-likeness (QED) is 0.0396. The van der Waals surface area contributed by atoms with Gasteiger partial charge in [-0.3, -0.25) is 29.0 Å². The molecule has 0 spiro atoms. The van der Waals surface area contributed by atoms with Crippen LogP contribution in [0, 0.1) is 23.7 Å². The zero-order chi connectivity index (χ0) is 74.7. The highest BCUT2D eigenvalue weighted by Crippen LogP contribution is 2.60. The van der Waals surface area contributed by atoms with Crippen LogP contribution in [0.2, 0.25) is 0 Å². The highest BCUT2D eigenvalue weighted by atomic mass is 16.6. The number of hydrogen-bond acceptors (Lipinski definition) is 16. The third-order valence-electron chi connectivity index (χ3n) is 22.9. The Morgan fingerprint density at radius 2 is 0.536 bits per heavy atom. The number of carbonyl (C=O) groups is 4. The molecule has 24 bridgehead atoms. The average molecular weight is 1470 g/mol. The van der Waals surface area contributed by atoms with E-state index in [1.807, 2.05) is 72.8 Å². The Bertz CT molecular complexity index is 4980. The summed E-state index contributed by atoms with van der Waals surface area (Å²) in [5, 5.41) is 0. The number of rotatable bonds is 20. The molecular weight excluding hydrogens is 1380 g/mol. The molecule has 110 heavy (non-hydrogen) atoms. The van der Waals surface area contributed by atoms with Crippen LogP contribution in [-0.2, 0) is 0 Å². The Kier molecular flexibility index (Phi) is 18.9. The molecule has 0 saturated heterocycles. The van der Waals surface area contributed by atoms with Gasteiger partial charge < -0.3 is 37.9 Å². The summed E-state index contributed by atoms with van der Waals surface area (Å²) in [4.78, 5) is 83.5. The first-order chi connectivity index (χ1) is 54.0. The maximum Gasteiger partial charge on any atom is 0.284 e. The number of ether oxygens (including phenoxy) is 8. The first kappa shape index (κ1) is 69.9. The fraction of sp³-hybridized carbons (Fsp3) is 0.348. The third kappa shape index (κ3) is 12.8. The molecule has 4 amide bonds. The minimum absolute atomic E-state index is 0.0402. The first-order valence-electron chi connectivity index (χ1n) is 39.7. The van der Waals surface area contributed by atoms with E-state index in [2.05, 4.69) is 75.6 Å². The zero-order valence-corrected chi connectivity index (χ0v) is 62.4. The molecule has 10 aliphatic heterocycles. The van der Waals surface area contributed by atoms with Crippen molar-refractivity contribution in [1.82, 2.24) is 29.7 Å². The van der Waals surface area contributed by atoms with Crippen LogP contribution in [0.15, 0.2) is 121 Å². The highest BCUT2D eigenvalue weighted by Gasteiger charge is 2.44. The third-order valence-corrected chi connectivity index (χ3v) is 22.9. The number of amides is 4. The van der Waals surface area contributed by atoms with Crippen LogP contribution < -0.4 is 37.9 Å². The van der Waals surface area contributed by atoms with Crippen molar-refractivity contribution in [1.29, 1.82) is 0 Å². The minimum Gasteiger partial charge on any atom is -0.453 e. The summed E-state index contributed by atoms with van der Waals surface area (Å²) in [6.07, 6.45) is 17.9. The summed E-state index contributed by atoms with van der Waals surface area (Å²) in [5.41, 5.74) is 9.55. The van der Waals surface area contributed by atoms with Crippen LogP contribution in [0.5, 0.6) is 92.5 Å². The van der Waals surface area contributed by atoms with E-state index in [-0.39, 0.29) is 94.7 Å². The van der Waals surface area contributed by atoms with Crippen molar-refractivity contribution in [3.05, 3.63) is 188 Å². The Morgan fingerprint density at radius 1 is 0.300 bits per heavy atom. The van der Waals surface area contributed by atoms with Gasteiger partial charge >= 0.3 is 0 Å². The summed E-state index contributed by atoms with van der Waals surface area (Å²) in [5.74, 6) is 12.4. The maximum atomic E-state index is 15.0. The summed E-state index contributed by atoms with van der Waals surface area (Å²) in [6.45, 7) is 8.81. The van der Waals surface area contributed by atoms with E-state index < -0.39 is 47.3 Å². The van der Waals surface area contributed by atoms with Crippen molar-refractivity contribution >= 4 is 45.7 Å². The van der Waals surface area contributed by atoms with Gasteiger partial charge in [0.15, 0.2) is 23.0 Å². The van der Waals surface area contributed by atoms with Gasteiger partial charge in [-0.2, -0.15) is 0 Å². The molecular formula is C92H84N6O12. The van der Waals surface area contributed by atoms with Crippen LogP contribution in [0.4, 0.5) is 0 Å². The Morgan fingerprint density at radius 3 is 0.773 bits per heavy atom. The molecule has 12 heterocycles. The molecule has 18 heteroatoms. The molecule has 0 unspecified atom stereocenters. The molecule has 0 fully saturated rings. The number of nitrogens with zero attached hydrogens (tertiary/aromatic N) is 6. The Labute approximate surface area is 639 Å². The fourth-order valence-corrected chi connectivity index (χ4v) is 17.2. The molecule has 554 valence electrons. The fourth-order valence-electron chi connectivity index (χ4n) is 17.2. The normalized spacial score (nSPS) is 17.6. The van der Waals surface area contributed by atoms with E-state index >= 15 is 19.2 Å². The average Bonchev–Trinajstić information content (AvgIpc) is 1.50. The minimum atomic E-state index is -0.520. The van der Waals surface area contributed by atoms with Crippen molar-refractivity contribution in [2.45, 2.75) is 193 Å². The van der Waals surface area contributed by atoms with Gasteiger partial charge in [0, 0.05) is 118 Å². The van der Waals surface area contributed by atoms with Crippen molar-refractivity contribution < 1.29 is 57.1 Å². The number of benzene rings is 8. The van der Waals surface area contributed by atoms with Gasteiger partial charge in [-0.05, 0) is 110 Å². The number of hydrogen-bond donors (Lipinski definition) is 0. The molecule has 10 aromatic rings. The largest absolute Gasteiger partial charge is 0.453 e. The topological polar surface area (TPSA) is 200 Å². The predicted octanol–water partition coefficient (Wildman–Crippen LogP) is 22.9. The molecule has 18 nitrogen and oxygen atoms in total. The molecule has 10 aliphatic rings. The summed E-state index contributed by atoms with van der Waals surface area (Å²) in [6, 6.07) is 38.8. The van der Waals surface area contributed by atoms with Gasteiger partial charge in [0.05, 0.1) is 44.3 Å². The number of carbonyl (C=O) groups excluding carboxylic acids is 4. The van der Waals surface area contributed by atoms with Crippen molar-refractivity contribution in [2.24, 2.45) is 0 Å². The molecule has 0 radical (unpaired) electrons. The van der Waals surface area contributed by atoms with E-state index in [1.54, 1.807) is 24.3 Å². The van der Waals surface area contributed by atoms with E-state index in [1.165, 1.54) is 9.80 Å². The Balaban J connectivity index is 1.02. The van der Waals surface area contributed by atoms with E-state index in [4.69, 9.17) is 57.8 Å². The van der Waals surface area contributed by atoms with Crippen molar-refractivity contribution in [3.8, 4) is 116 Å². The summed E-state index contributed by atoms with van der Waals surface area (Å²) in [7, 11) is 0. The second-order valence-electron chi connectivity index (χ2n) is 30.1. The number of imide groups is 2. The lowest BCUT2D eigenvalue weighted by molar-refractivity contribution is 0.0642. The van der Waals surface area contributed by atoms with E-state index in [9.17, 15) is 0 Å². The maximum absolute atomic E-state index is 15.0. The smallest absolute Gasteiger partial charge is 0.284 e. The van der Waals surface area contributed by atoms with Crippen LogP contribution in [0.25, 0.3) is 22.1 Å². The van der Waals surface area contributed by atoms with Gasteiger partial charge in [0.2, 0.25) is 0 Å². The van der Waals surface area contributed by atoms with Gasteiger partial charge in [-0.15, -0.1) is 0 Å². The lowest BCUT2D eigenvalue weighted by Gasteiger charge is -2.30. The van der Waals surface area contributed by atoms with Crippen LogP contribution in [0.1, 0.15) is 279 Å². The predicted molar refractivity (Wildman–Crippen MR) is 416 cm³/mol. The van der Waals surface area contributed by atoms with Gasteiger partial charge in [-0.25, -0.2) is 19.9 Å². The van der Waals surface area contributed by atoms with Gasteiger partial charge in [0.25, 0.3) is 47.1 Å². The highest BCUT2D eigenvalue weighted by molar-refractivity contribution is 6.22. The summed E-state index contributed by atoms with van der Waals surface area (Å²) < 4.78 is 60.3. The second-order valence-corrected chi connectivity index (χ2v) is 30.1. The molecule has 0 N–H and O–H groups in total. The molecule has 0 atom stereocenters. The molecule has 2 aromatic heterocycles. The SMILES string of the molecule is CCCCCCC1c2cc3c4cc2Oc2cc5c6cc2Oc2cc7c(cc21)C(CCCCCC)c1cc2c(cc1Oc1nc8ccccc8nc1O7)Oc1cc7c(cc1Oc1cc(c(cc1C2CCCCCC)C3CCCCCC)Oc1nc2ccccc2nc1O4)C(=O)N(CCC#CC#CCCN(C5=O)C6=O)C7=O. The molecule has 0 aliphatic carbocycles. The molecule has 0 saturated carbocycles. The number of para-hydroxylation sites is 4.